The van der Waals surface area contributed by atoms with E-state index >= 15 is 0 Å². The molecule has 0 heterocycles. The summed E-state index contributed by atoms with van der Waals surface area (Å²) < 4.78 is 5.40. The topological polar surface area (TPSA) is 162 Å². The van der Waals surface area contributed by atoms with Gasteiger partial charge in [-0.3, -0.25) is 25.0 Å². The van der Waals surface area contributed by atoms with Crippen LogP contribution in [0.5, 0.6) is 11.5 Å². The lowest BCUT2D eigenvalue weighted by Gasteiger charge is -2.08. The van der Waals surface area contributed by atoms with Crippen LogP contribution in [0.25, 0.3) is 0 Å². The largest absolute Gasteiger partial charge is 0.478 e. The Balaban J connectivity index is 2.23. The van der Waals surface area contributed by atoms with Crippen molar-refractivity contribution in [1.29, 1.82) is 0 Å². The van der Waals surface area contributed by atoms with Crippen molar-refractivity contribution in [1.82, 2.24) is 0 Å². The minimum absolute atomic E-state index is 0.118. The van der Waals surface area contributed by atoms with Gasteiger partial charge in [0.05, 0.1) is 15.9 Å². The fourth-order valence-electron chi connectivity index (χ4n) is 1.94. The van der Waals surface area contributed by atoms with Crippen molar-refractivity contribution < 1.29 is 29.3 Å². The monoisotopic (exact) mass is 373 g/mol. The van der Waals surface area contributed by atoms with Crippen LogP contribution in [0.15, 0.2) is 54.6 Å². The first-order valence-electron chi connectivity index (χ1n) is 7.19. The fourth-order valence-corrected chi connectivity index (χ4v) is 1.94. The van der Waals surface area contributed by atoms with Gasteiger partial charge in [-0.05, 0) is 18.2 Å². The van der Waals surface area contributed by atoms with Crippen LogP contribution in [0.1, 0.15) is 0 Å². The van der Waals surface area contributed by atoms with Gasteiger partial charge in [-0.1, -0.05) is 6.07 Å². The van der Waals surface area contributed by atoms with Gasteiger partial charge in [0.25, 0.3) is 5.69 Å². The number of nitro benzene ring substituents is 2. The average Bonchev–Trinajstić information content (AvgIpc) is 2.60. The van der Waals surface area contributed by atoms with E-state index in [1.165, 1.54) is 24.3 Å². The molecule has 0 aliphatic rings. The first-order chi connectivity index (χ1) is 12.8. The van der Waals surface area contributed by atoms with E-state index in [0.29, 0.717) is 6.08 Å². The Morgan fingerprint density at radius 3 is 2.41 bits per heavy atom. The third-order valence-corrected chi connectivity index (χ3v) is 3.06. The molecular formula is C16H11N3O8. The third-order valence-electron chi connectivity index (χ3n) is 3.06. The predicted molar refractivity (Wildman–Crippen MR) is 91.7 cm³/mol. The van der Waals surface area contributed by atoms with E-state index in [1.807, 2.05) is 0 Å². The number of nitrogens with one attached hydrogen (secondary N) is 1. The molecule has 0 spiro atoms. The van der Waals surface area contributed by atoms with Gasteiger partial charge in [0.2, 0.25) is 11.7 Å². The second kappa shape index (κ2) is 8.20. The highest BCUT2D eigenvalue weighted by atomic mass is 16.6. The number of amides is 1. The Morgan fingerprint density at radius 1 is 1.04 bits per heavy atom. The lowest BCUT2D eigenvalue weighted by atomic mass is 10.2. The second-order valence-electron chi connectivity index (χ2n) is 4.96. The molecule has 0 fully saturated rings. The summed E-state index contributed by atoms with van der Waals surface area (Å²) in [5.74, 6) is -2.09. The third kappa shape index (κ3) is 5.35. The smallest absolute Gasteiger partial charge is 0.328 e. The van der Waals surface area contributed by atoms with E-state index in [4.69, 9.17) is 9.84 Å². The highest BCUT2D eigenvalue weighted by molar-refractivity contribution is 6.02. The van der Waals surface area contributed by atoms with Crippen LogP contribution in [-0.4, -0.2) is 26.8 Å². The zero-order valence-electron chi connectivity index (χ0n) is 13.4. The van der Waals surface area contributed by atoms with Crippen LogP contribution >= 0.6 is 0 Å². The molecule has 2 rings (SSSR count). The van der Waals surface area contributed by atoms with Crippen molar-refractivity contribution in [2.45, 2.75) is 0 Å². The number of carboxylic acid groups (broad SMARTS) is 1. The second-order valence-corrected chi connectivity index (χ2v) is 4.96. The highest BCUT2D eigenvalue weighted by Crippen LogP contribution is 2.34. The van der Waals surface area contributed by atoms with E-state index in [-0.39, 0.29) is 17.2 Å². The van der Waals surface area contributed by atoms with E-state index in [2.05, 4.69) is 5.32 Å². The molecule has 2 aromatic carbocycles. The molecular weight excluding hydrogens is 362 g/mol. The van der Waals surface area contributed by atoms with E-state index < -0.39 is 33.1 Å². The summed E-state index contributed by atoms with van der Waals surface area (Å²) >= 11 is 0. The number of aliphatic carboxylic acids is 1. The fraction of sp³-hybridized carbons (Fsp3) is 0. The van der Waals surface area contributed by atoms with Crippen molar-refractivity contribution in [3.8, 4) is 11.5 Å². The number of rotatable bonds is 7. The summed E-state index contributed by atoms with van der Waals surface area (Å²) in [6, 6.07) is 8.71. The summed E-state index contributed by atoms with van der Waals surface area (Å²) in [5.41, 5.74) is -0.805. The molecule has 0 atom stereocenters. The van der Waals surface area contributed by atoms with Gasteiger partial charge in [-0.15, -0.1) is 0 Å². The van der Waals surface area contributed by atoms with Crippen LogP contribution < -0.4 is 10.1 Å². The molecule has 27 heavy (non-hydrogen) atoms. The minimum atomic E-state index is -1.28. The summed E-state index contributed by atoms with van der Waals surface area (Å²) in [7, 11) is 0. The SMILES string of the molecule is O=C(O)/C=C/C(=O)Nc1cccc(Oc2ccc([N+](=O)[O-])cc2[N+](=O)[O-])c1. The maximum Gasteiger partial charge on any atom is 0.328 e. The van der Waals surface area contributed by atoms with Gasteiger partial charge in [0.1, 0.15) is 5.75 Å². The average molecular weight is 373 g/mol. The number of ether oxygens (including phenoxy) is 1. The lowest BCUT2D eigenvalue weighted by Crippen LogP contribution is -2.08. The van der Waals surface area contributed by atoms with E-state index in [9.17, 15) is 29.8 Å². The quantitative estimate of drug-likeness (QED) is 0.425. The van der Waals surface area contributed by atoms with Crippen LogP contribution in [0.3, 0.4) is 0 Å². The Bertz CT molecular complexity index is 954. The molecule has 138 valence electrons. The zero-order valence-corrected chi connectivity index (χ0v) is 13.4. The van der Waals surface area contributed by atoms with Gasteiger partial charge in [-0.2, -0.15) is 0 Å². The van der Waals surface area contributed by atoms with Crippen molar-refractivity contribution in [3.05, 3.63) is 74.8 Å². The van der Waals surface area contributed by atoms with Crippen LogP contribution in [-0.2, 0) is 9.59 Å². The molecule has 0 unspecified atom stereocenters. The summed E-state index contributed by atoms with van der Waals surface area (Å²) in [6.45, 7) is 0. The Hall–Kier alpha value is -4.28. The Morgan fingerprint density at radius 2 is 1.78 bits per heavy atom. The van der Waals surface area contributed by atoms with Gasteiger partial charge < -0.3 is 15.2 Å². The molecule has 1 amide bonds. The van der Waals surface area contributed by atoms with Gasteiger partial charge in [0, 0.05) is 30.0 Å². The molecule has 0 bridgehead atoms. The number of anilines is 1. The van der Waals surface area contributed by atoms with Crippen molar-refractivity contribution in [3.63, 3.8) is 0 Å². The highest BCUT2D eigenvalue weighted by Gasteiger charge is 2.21. The Labute approximate surface area is 150 Å². The molecule has 0 aromatic heterocycles. The number of nitrogens with zero attached hydrogens (tertiary/aromatic N) is 2. The maximum absolute atomic E-state index is 11.6. The number of non-ortho nitro benzene ring substituents is 1. The first-order valence-corrected chi connectivity index (χ1v) is 7.19. The van der Waals surface area contributed by atoms with Crippen LogP contribution in [0.4, 0.5) is 17.1 Å². The number of carboxylic acids is 1. The Kier molecular flexibility index (Phi) is 5.79. The lowest BCUT2D eigenvalue weighted by molar-refractivity contribution is -0.394. The molecule has 0 radical (unpaired) electrons. The number of carbonyl (C=O) groups is 2. The van der Waals surface area contributed by atoms with Gasteiger partial charge in [-0.25, -0.2) is 4.79 Å². The number of nitro groups is 2. The molecule has 2 N–H and O–H groups in total. The number of carbonyl (C=O) groups excluding carboxylic acids is 1. The van der Waals surface area contributed by atoms with Crippen molar-refractivity contribution >= 4 is 28.9 Å². The molecule has 0 saturated carbocycles. The first kappa shape index (κ1) is 19.1. The summed E-state index contributed by atoms with van der Waals surface area (Å²) in [6.07, 6.45) is 1.48. The minimum Gasteiger partial charge on any atom is -0.478 e. The molecule has 0 aliphatic heterocycles. The van der Waals surface area contributed by atoms with Crippen LogP contribution in [0.2, 0.25) is 0 Å². The van der Waals surface area contributed by atoms with E-state index in [0.717, 1.165) is 24.3 Å². The van der Waals surface area contributed by atoms with Crippen LogP contribution in [0, 0.1) is 20.2 Å². The maximum atomic E-state index is 11.6. The van der Waals surface area contributed by atoms with Crippen molar-refractivity contribution in [2.75, 3.05) is 5.32 Å². The number of hydrogen-bond acceptors (Lipinski definition) is 7. The number of hydrogen-bond donors (Lipinski definition) is 2. The normalized spacial score (nSPS) is 10.4. The number of benzene rings is 2. The zero-order chi connectivity index (χ0) is 20.0. The van der Waals surface area contributed by atoms with E-state index in [1.54, 1.807) is 0 Å². The molecule has 11 heteroatoms. The van der Waals surface area contributed by atoms with Gasteiger partial charge in [0.15, 0.2) is 0 Å². The molecule has 11 nitrogen and oxygen atoms in total. The standard InChI is InChI=1S/C16H11N3O8/c20-15(6-7-16(21)22)17-10-2-1-3-12(8-10)27-14-5-4-11(18(23)24)9-13(14)19(25)26/h1-9H,(H,17,20)(H,21,22)/b7-6+. The summed E-state index contributed by atoms with van der Waals surface area (Å²) in [5, 5.41) is 32.7. The molecule has 0 aliphatic carbocycles. The summed E-state index contributed by atoms with van der Waals surface area (Å²) in [4.78, 5) is 42.2. The van der Waals surface area contributed by atoms with Crippen molar-refractivity contribution in [2.24, 2.45) is 0 Å². The molecule has 0 saturated heterocycles. The van der Waals surface area contributed by atoms with Gasteiger partial charge >= 0.3 is 11.7 Å². The predicted octanol–water partition coefficient (Wildman–Crippen LogP) is 2.87. The molecule has 2 aromatic rings.